The summed E-state index contributed by atoms with van der Waals surface area (Å²) in [6, 6.07) is 6.42. The van der Waals surface area contributed by atoms with Gasteiger partial charge in [0, 0.05) is 17.3 Å². The lowest BCUT2D eigenvalue weighted by Crippen LogP contribution is -2.45. The maximum atomic E-state index is 13.7. The molecule has 1 aromatic carbocycles. The number of para-hydroxylation sites is 1. The molecular weight excluding hydrogens is 269 g/mol. The van der Waals surface area contributed by atoms with E-state index in [2.05, 4.69) is 12.2 Å². The molecule has 0 amide bonds. The van der Waals surface area contributed by atoms with E-state index in [-0.39, 0.29) is 17.1 Å². The highest BCUT2D eigenvalue weighted by Gasteiger charge is 2.40. The van der Waals surface area contributed by atoms with Crippen molar-refractivity contribution in [3.05, 3.63) is 35.8 Å². The Morgan fingerprint density at radius 3 is 3.00 bits per heavy atom. The predicted molar refractivity (Wildman–Crippen MR) is 79.9 cm³/mol. The van der Waals surface area contributed by atoms with E-state index in [1.807, 2.05) is 0 Å². The molecule has 4 heteroatoms. The van der Waals surface area contributed by atoms with Gasteiger partial charge in [0.2, 0.25) is 5.78 Å². The van der Waals surface area contributed by atoms with Gasteiger partial charge >= 0.3 is 0 Å². The van der Waals surface area contributed by atoms with Gasteiger partial charge in [-0.3, -0.25) is 4.79 Å². The highest BCUT2D eigenvalue weighted by molar-refractivity contribution is 6.01. The summed E-state index contributed by atoms with van der Waals surface area (Å²) in [5, 5.41) is 3.97. The molecule has 0 aliphatic carbocycles. The van der Waals surface area contributed by atoms with Crippen molar-refractivity contribution in [3.8, 4) is 0 Å². The molecule has 1 atom stereocenters. The topological polar surface area (TPSA) is 42.2 Å². The number of benzene rings is 1. The van der Waals surface area contributed by atoms with Gasteiger partial charge in [-0.1, -0.05) is 25.5 Å². The second-order valence-electron chi connectivity index (χ2n) is 5.91. The molecule has 0 bridgehead atoms. The highest BCUT2D eigenvalue weighted by atomic mass is 19.1. The average Bonchev–Trinajstić information content (AvgIpc) is 2.93. The van der Waals surface area contributed by atoms with Crippen LogP contribution in [0.4, 0.5) is 4.39 Å². The van der Waals surface area contributed by atoms with Crippen LogP contribution in [-0.2, 0) is 0 Å². The van der Waals surface area contributed by atoms with Crippen LogP contribution in [0.2, 0.25) is 0 Å². The first-order valence-corrected chi connectivity index (χ1v) is 7.60. The maximum Gasteiger partial charge on any atom is 0.205 e. The van der Waals surface area contributed by atoms with Crippen LogP contribution in [-0.4, -0.2) is 18.9 Å². The molecule has 0 spiro atoms. The number of hydrogen-bond donors (Lipinski definition) is 1. The number of furan rings is 1. The number of hydrogen-bond acceptors (Lipinski definition) is 3. The Labute approximate surface area is 123 Å². The fourth-order valence-electron chi connectivity index (χ4n) is 3.37. The van der Waals surface area contributed by atoms with Gasteiger partial charge in [0.25, 0.3) is 0 Å². The molecule has 1 N–H and O–H groups in total. The van der Waals surface area contributed by atoms with Crippen molar-refractivity contribution in [2.45, 2.75) is 32.6 Å². The summed E-state index contributed by atoms with van der Waals surface area (Å²) >= 11 is 0. The molecule has 1 saturated heterocycles. The molecule has 3 nitrogen and oxygen atoms in total. The molecule has 2 heterocycles. The molecular formula is C17H20FNO2. The van der Waals surface area contributed by atoms with Crippen LogP contribution in [0.5, 0.6) is 0 Å². The van der Waals surface area contributed by atoms with Crippen LogP contribution in [0.3, 0.4) is 0 Å². The summed E-state index contributed by atoms with van der Waals surface area (Å²) in [4.78, 5) is 12.9. The summed E-state index contributed by atoms with van der Waals surface area (Å²) in [5.41, 5.74) is -0.228. The quantitative estimate of drug-likeness (QED) is 0.867. The molecule has 21 heavy (non-hydrogen) atoms. The second-order valence-corrected chi connectivity index (χ2v) is 5.91. The van der Waals surface area contributed by atoms with Crippen LogP contribution >= 0.6 is 0 Å². The van der Waals surface area contributed by atoms with E-state index in [9.17, 15) is 9.18 Å². The molecule has 3 rings (SSSR count). The van der Waals surface area contributed by atoms with Gasteiger partial charge in [0.05, 0.1) is 0 Å². The maximum absolute atomic E-state index is 13.7. The molecule has 1 aromatic heterocycles. The number of halogens is 1. The van der Waals surface area contributed by atoms with Gasteiger partial charge in [0.15, 0.2) is 17.2 Å². The van der Waals surface area contributed by atoms with Gasteiger partial charge < -0.3 is 9.73 Å². The predicted octanol–water partition coefficient (Wildman–Crippen LogP) is 3.92. The van der Waals surface area contributed by atoms with Crippen LogP contribution < -0.4 is 5.32 Å². The summed E-state index contributed by atoms with van der Waals surface area (Å²) in [6.07, 6.45) is 3.63. The van der Waals surface area contributed by atoms with Gasteiger partial charge in [-0.25, -0.2) is 4.39 Å². The first-order chi connectivity index (χ1) is 10.2. The van der Waals surface area contributed by atoms with Crippen LogP contribution in [0.15, 0.2) is 28.7 Å². The first-order valence-electron chi connectivity index (χ1n) is 7.60. The molecule has 0 saturated carbocycles. The zero-order chi connectivity index (χ0) is 14.9. The van der Waals surface area contributed by atoms with E-state index in [0.717, 1.165) is 32.2 Å². The molecule has 1 unspecified atom stereocenters. The Morgan fingerprint density at radius 2 is 2.33 bits per heavy atom. The Morgan fingerprint density at radius 1 is 1.48 bits per heavy atom. The fraction of sp³-hybridized carbons (Fsp3) is 0.471. The number of fused-ring (bicyclic) bond motifs is 1. The van der Waals surface area contributed by atoms with Crippen LogP contribution in [0.25, 0.3) is 11.0 Å². The normalized spacial score (nSPS) is 22.6. The smallest absolute Gasteiger partial charge is 0.205 e. The zero-order valence-electron chi connectivity index (χ0n) is 12.2. The number of ketones is 1. The van der Waals surface area contributed by atoms with E-state index >= 15 is 0 Å². The minimum atomic E-state index is -0.419. The monoisotopic (exact) mass is 289 g/mol. The lowest BCUT2D eigenvalue weighted by atomic mass is 9.73. The standard InChI is InChI=1S/C17H20FNO2/c1-2-7-17(8-4-9-19-11-17)16(20)14-10-12-5-3-6-13(18)15(12)21-14/h3,5-6,10,19H,2,4,7-9,11H2,1H3. The van der Waals surface area contributed by atoms with E-state index in [1.54, 1.807) is 18.2 Å². The van der Waals surface area contributed by atoms with E-state index < -0.39 is 11.2 Å². The van der Waals surface area contributed by atoms with E-state index in [0.29, 0.717) is 11.9 Å². The minimum absolute atomic E-state index is 0.00662. The van der Waals surface area contributed by atoms with Crippen molar-refractivity contribution in [2.24, 2.45) is 5.41 Å². The van der Waals surface area contributed by atoms with Crippen molar-refractivity contribution in [1.29, 1.82) is 0 Å². The third kappa shape index (κ3) is 2.48. The van der Waals surface area contributed by atoms with E-state index in [4.69, 9.17) is 4.42 Å². The molecule has 1 aliphatic heterocycles. The Bertz CT molecular complexity index is 650. The van der Waals surface area contributed by atoms with Crippen molar-refractivity contribution in [2.75, 3.05) is 13.1 Å². The van der Waals surface area contributed by atoms with Crippen molar-refractivity contribution in [1.82, 2.24) is 5.32 Å². The van der Waals surface area contributed by atoms with Crippen LogP contribution in [0, 0.1) is 11.2 Å². The Balaban J connectivity index is 1.99. The van der Waals surface area contributed by atoms with Gasteiger partial charge in [-0.05, 0) is 37.9 Å². The number of piperidine rings is 1. The molecule has 2 aromatic rings. The summed E-state index contributed by atoms with van der Waals surface area (Å²) < 4.78 is 19.3. The lowest BCUT2D eigenvalue weighted by Gasteiger charge is -2.35. The summed E-state index contributed by atoms with van der Waals surface area (Å²) in [5.74, 6) is -0.128. The zero-order valence-corrected chi connectivity index (χ0v) is 12.2. The third-order valence-electron chi connectivity index (χ3n) is 4.40. The highest BCUT2D eigenvalue weighted by Crippen LogP contribution is 2.36. The Kier molecular flexibility index (Phi) is 3.81. The number of nitrogens with one attached hydrogen (secondary N) is 1. The SMILES string of the molecule is CCCC1(C(=O)c2cc3cccc(F)c3o2)CCCNC1. The van der Waals surface area contributed by atoms with Crippen molar-refractivity contribution < 1.29 is 13.6 Å². The lowest BCUT2D eigenvalue weighted by molar-refractivity contribution is 0.0689. The van der Waals surface area contributed by atoms with Crippen molar-refractivity contribution >= 4 is 16.8 Å². The van der Waals surface area contributed by atoms with Gasteiger partial charge in [-0.2, -0.15) is 0 Å². The van der Waals surface area contributed by atoms with Gasteiger partial charge in [0.1, 0.15) is 0 Å². The first kappa shape index (κ1) is 14.3. The minimum Gasteiger partial charge on any atom is -0.450 e. The third-order valence-corrected chi connectivity index (χ3v) is 4.40. The number of Topliss-reactive ketones (excluding diaryl/α,β-unsaturated/α-hetero) is 1. The molecule has 0 radical (unpaired) electrons. The second kappa shape index (κ2) is 5.60. The number of rotatable bonds is 4. The number of carbonyl (C=O) groups excluding carboxylic acids is 1. The average molecular weight is 289 g/mol. The van der Waals surface area contributed by atoms with Crippen molar-refractivity contribution in [3.63, 3.8) is 0 Å². The fourth-order valence-corrected chi connectivity index (χ4v) is 3.37. The largest absolute Gasteiger partial charge is 0.450 e. The molecule has 1 fully saturated rings. The molecule has 112 valence electrons. The molecule has 1 aliphatic rings. The summed E-state index contributed by atoms with van der Waals surface area (Å²) in [6.45, 7) is 3.72. The van der Waals surface area contributed by atoms with Gasteiger partial charge in [-0.15, -0.1) is 0 Å². The van der Waals surface area contributed by atoms with E-state index in [1.165, 1.54) is 6.07 Å². The Hall–Kier alpha value is -1.68. The van der Waals surface area contributed by atoms with Crippen LogP contribution in [0.1, 0.15) is 43.2 Å². The summed E-state index contributed by atoms with van der Waals surface area (Å²) in [7, 11) is 0. The number of carbonyl (C=O) groups is 1.